The quantitative estimate of drug-likeness (QED) is 0.0357. The number of ether oxygens (including phenoxy) is 3. The predicted octanol–water partition coefficient (Wildman–Crippen LogP) is 8.65. The minimum atomic E-state index is -1.70. The zero-order valence-electron chi connectivity index (χ0n) is 32.2. The third-order valence-corrected chi connectivity index (χ3v) is 9.84. The fraction of sp³-hybridized carbons (Fsp3) is 0.348. The largest absolute Gasteiger partial charge is 0.478 e. The highest BCUT2D eigenvalue weighted by Gasteiger charge is 2.40. The van der Waals surface area contributed by atoms with E-state index >= 15 is 0 Å². The van der Waals surface area contributed by atoms with Crippen molar-refractivity contribution in [2.45, 2.75) is 89.6 Å². The second-order valence-electron chi connectivity index (χ2n) is 13.8. The number of carboxylic acid groups (broad SMARTS) is 1. The van der Waals surface area contributed by atoms with Crippen LogP contribution < -0.4 is 0 Å². The molecule has 3 atom stereocenters. The lowest BCUT2D eigenvalue weighted by molar-refractivity contribution is -0.180. The van der Waals surface area contributed by atoms with Crippen LogP contribution >= 0.6 is 0 Å². The molecule has 0 unspecified atom stereocenters. The molecule has 0 amide bonds. The van der Waals surface area contributed by atoms with E-state index in [1.165, 1.54) is 0 Å². The van der Waals surface area contributed by atoms with Crippen LogP contribution in [0, 0.1) is 0 Å². The van der Waals surface area contributed by atoms with Crippen molar-refractivity contribution in [1.29, 1.82) is 0 Å². The molecule has 0 spiro atoms. The molecule has 0 aliphatic heterocycles. The van der Waals surface area contributed by atoms with Crippen LogP contribution in [0.25, 0.3) is 0 Å². The highest BCUT2D eigenvalue weighted by Crippen LogP contribution is 2.26. The number of unbranched alkanes of at least 4 members (excludes halogenated alkanes) is 3. The molecule has 294 valence electrons. The van der Waals surface area contributed by atoms with Crippen LogP contribution in [0.3, 0.4) is 0 Å². The fourth-order valence-corrected chi connectivity index (χ4v) is 6.21. The molecular formula is C46H50O10. The van der Waals surface area contributed by atoms with Gasteiger partial charge in [0, 0.05) is 28.7 Å². The van der Waals surface area contributed by atoms with E-state index in [0.29, 0.717) is 65.5 Å². The van der Waals surface area contributed by atoms with Crippen LogP contribution in [0.15, 0.2) is 109 Å². The molecule has 4 aromatic carbocycles. The first-order chi connectivity index (χ1) is 27.0. The van der Waals surface area contributed by atoms with Gasteiger partial charge in [-0.1, -0.05) is 104 Å². The van der Waals surface area contributed by atoms with Crippen molar-refractivity contribution in [3.63, 3.8) is 0 Å². The lowest BCUT2D eigenvalue weighted by Crippen LogP contribution is -2.43. The van der Waals surface area contributed by atoms with E-state index in [-0.39, 0.29) is 44.0 Å². The number of carboxylic acids is 1. The standard InChI is InChI=1S/C46H50O10/c1-4-46(45(52)53,27-13-15-29-55-44(51)33(3)37-23-17-25-39(31-37)42(49)35-20-10-6-11-21-35)56-40(47)26-12-7-14-28-54-43(50)32(2)36-22-16-24-38(30-36)41(48)34-18-8-5-9-19-34/h5-6,8-11,16-25,30-33H,4,7,12-15,26-29H2,1-3H3,(H,52,53)/t32-,33-,46-/m1/s1. The van der Waals surface area contributed by atoms with Gasteiger partial charge in [-0.05, 0) is 82.1 Å². The first-order valence-corrected chi connectivity index (χ1v) is 19.1. The van der Waals surface area contributed by atoms with Crippen LogP contribution in [-0.4, -0.2) is 59.4 Å². The second-order valence-corrected chi connectivity index (χ2v) is 13.8. The molecular weight excluding hydrogens is 712 g/mol. The summed E-state index contributed by atoms with van der Waals surface area (Å²) in [5, 5.41) is 10.0. The van der Waals surface area contributed by atoms with Crippen molar-refractivity contribution in [3.05, 3.63) is 143 Å². The van der Waals surface area contributed by atoms with E-state index in [0.717, 1.165) is 0 Å². The number of hydrogen-bond donors (Lipinski definition) is 1. The number of carbonyl (C=O) groups excluding carboxylic acids is 5. The summed E-state index contributed by atoms with van der Waals surface area (Å²) in [5.41, 5.74) is 1.68. The van der Waals surface area contributed by atoms with E-state index in [2.05, 4.69) is 0 Å². The Bertz CT molecular complexity index is 1950. The van der Waals surface area contributed by atoms with Gasteiger partial charge in [-0.2, -0.15) is 0 Å². The summed E-state index contributed by atoms with van der Waals surface area (Å²) >= 11 is 0. The summed E-state index contributed by atoms with van der Waals surface area (Å²) in [6.07, 6.45) is 2.33. The minimum absolute atomic E-state index is 0.00919. The molecule has 0 heterocycles. The summed E-state index contributed by atoms with van der Waals surface area (Å²) in [6, 6.07) is 31.6. The predicted molar refractivity (Wildman–Crippen MR) is 210 cm³/mol. The molecule has 0 radical (unpaired) electrons. The van der Waals surface area contributed by atoms with Crippen LogP contribution in [-0.2, 0) is 33.4 Å². The Morgan fingerprint density at radius 2 is 1.02 bits per heavy atom. The minimum Gasteiger partial charge on any atom is -0.478 e. The topological polar surface area (TPSA) is 150 Å². The molecule has 0 saturated carbocycles. The average molecular weight is 763 g/mol. The highest BCUT2D eigenvalue weighted by atomic mass is 16.6. The van der Waals surface area contributed by atoms with Gasteiger partial charge in [0.15, 0.2) is 11.6 Å². The van der Waals surface area contributed by atoms with E-state index in [4.69, 9.17) is 14.2 Å². The maximum atomic E-state index is 12.9. The van der Waals surface area contributed by atoms with Gasteiger partial charge >= 0.3 is 23.9 Å². The number of rotatable bonds is 22. The van der Waals surface area contributed by atoms with Gasteiger partial charge in [-0.25, -0.2) is 4.79 Å². The van der Waals surface area contributed by atoms with Crippen molar-refractivity contribution < 1.29 is 48.1 Å². The summed E-state index contributed by atoms with van der Waals surface area (Å²) in [7, 11) is 0. The van der Waals surface area contributed by atoms with Gasteiger partial charge in [0.25, 0.3) is 0 Å². The third-order valence-electron chi connectivity index (χ3n) is 9.84. The molecule has 0 aliphatic rings. The van der Waals surface area contributed by atoms with Crippen LogP contribution in [0.4, 0.5) is 0 Å². The number of ketones is 2. The zero-order valence-corrected chi connectivity index (χ0v) is 32.2. The average Bonchev–Trinajstić information content (AvgIpc) is 3.23. The van der Waals surface area contributed by atoms with E-state index in [9.17, 15) is 33.9 Å². The summed E-state index contributed by atoms with van der Waals surface area (Å²) in [6.45, 7) is 5.28. The van der Waals surface area contributed by atoms with Crippen molar-refractivity contribution in [1.82, 2.24) is 0 Å². The lowest BCUT2D eigenvalue weighted by Gasteiger charge is -2.28. The van der Waals surface area contributed by atoms with Crippen molar-refractivity contribution in [2.24, 2.45) is 0 Å². The molecule has 4 aromatic rings. The number of esters is 3. The van der Waals surface area contributed by atoms with Crippen LogP contribution in [0.5, 0.6) is 0 Å². The monoisotopic (exact) mass is 762 g/mol. The molecule has 1 N–H and O–H groups in total. The maximum absolute atomic E-state index is 12.9. The summed E-state index contributed by atoms with van der Waals surface area (Å²) < 4.78 is 16.5. The van der Waals surface area contributed by atoms with E-state index < -0.39 is 41.3 Å². The van der Waals surface area contributed by atoms with Gasteiger partial charge in [-0.15, -0.1) is 0 Å². The Kier molecular flexibility index (Phi) is 16.3. The van der Waals surface area contributed by atoms with Crippen LogP contribution in [0.2, 0.25) is 0 Å². The first-order valence-electron chi connectivity index (χ1n) is 19.1. The van der Waals surface area contributed by atoms with Crippen LogP contribution in [0.1, 0.15) is 127 Å². The Morgan fingerprint density at radius 1 is 0.571 bits per heavy atom. The maximum Gasteiger partial charge on any atom is 0.348 e. The van der Waals surface area contributed by atoms with E-state index in [1.54, 1.807) is 118 Å². The number of aliphatic carboxylic acids is 1. The molecule has 0 bridgehead atoms. The second kappa shape index (κ2) is 21.3. The smallest absolute Gasteiger partial charge is 0.348 e. The van der Waals surface area contributed by atoms with Crippen molar-refractivity contribution in [2.75, 3.05) is 13.2 Å². The fourth-order valence-electron chi connectivity index (χ4n) is 6.21. The summed E-state index contributed by atoms with van der Waals surface area (Å²) in [5.74, 6) is -4.23. The molecule has 0 fully saturated rings. The SMILES string of the molecule is CC[C@](CCCCOC(=O)[C@H](C)c1cccc(C(=O)c2ccccc2)c1)(OC(=O)CCCCCOC(=O)[C@H](C)c1cccc(C(=O)c2ccccc2)c1)C(=O)O. The molecule has 56 heavy (non-hydrogen) atoms. The Hall–Kier alpha value is -5.90. The number of carbonyl (C=O) groups is 6. The lowest BCUT2D eigenvalue weighted by atomic mass is 9.93. The number of hydrogen-bond acceptors (Lipinski definition) is 9. The van der Waals surface area contributed by atoms with E-state index in [1.807, 2.05) is 12.1 Å². The molecule has 10 heteroatoms. The van der Waals surface area contributed by atoms with Gasteiger partial charge in [0.2, 0.25) is 5.60 Å². The van der Waals surface area contributed by atoms with Gasteiger partial charge < -0.3 is 19.3 Å². The first kappa shape index (κ1) is 42.8. The molecule has 0 aromatic heterocycles. The molecule has 10 nitrogen and oxygen atoms in total. The zero-order chi connectivity index (χ0) is 40.5. The Labute approximate surface area is 328 Å². The van der Waals surface area contributed by atoms with Crippen molar-refractivity contribution in [3.8, 4) is 0 Å². The van der Waals surface area contributed by atoms with Crippen molar-refractivity contribution >= 4 is 35.4 Å². The normalized spacial score (nSPS) is 13.1. The van der Waals surface area contributed by atoms with Gasteiger partial charge in [0.05, 0.1) is 25.0 Å². The summed E-state index contributed by atoms with van der Waals surface area (Å²) in [4.78, 5) is 76.3. The number of benzene rings is 4. The van der Waals surface area contributed by atoms with Gasteiger partial charge in [-0.3, -0.25) is 24.0 Å². The third kappa shape index (κ3) is 12.1. The Morgan fingerprint density at radius 3 is 1.46 bits per heavy atom. The molecule has 4 rings (SSSR count). The Balaban J connectivity index is 1.14. The van der Waals surface area contributed by atoms with Gasteiger partial charge in [0.1, 0.15) is 0 Å². The molecule has 0 aliphatic carbocycles. The molecule has 0 saturated heterocycles. The highest BCUT2D eigenvalue weighted by molar-refractivity contribution is 6.09.